The van der Waals surface area contributed by atoms with Gasteiger partial charge >= 0.3 is 6.03 Å². The fourth-order valence-corrected chi connectivity index (χ4v) is 3.60. The number of hydrogen-bond donors (Lipinski definition) is 2. The minimum Gasteiger partial charge on any atom is -0.354 e. The SMILES string of the molecule is CCCCN1C(=O)NC(=O)C2(Nc3ccccc3S2)C1=O. The van der Waals surface area contributed by atoms with Crippen molar-refractivity contribution >= 4 is 35.3 Å². The molecule has 0 aromatic heterocycles. The minimum atomic E-state index is -1.47. The van der Waals surface area contributed by atoms with Gasteiger partial charge in [-0.25, -0.2) is 4.79 Å². The number of nitrogens with zero attached hydrogens (tertiary/aromatic N) is 1. The molecule has 2 N–H and O–H groups in total. The van der Waals surface area contributed by atoms with Crippen molar-refractivity contribution in [2.24, 2.45) is 0 Å². The normalized spacial score (nSPS) is 24.0. The molecule has 3 rings (SSSR count). The molecule has 1 saturated heterocycles. The number of imide groups is 2. The molecule has 0 radical (unpaired) electrons. The Hall–Kier alpha value is -2.02. The van der Waals surface area contributed by atoms with E-state index in [9.17, 15) is 14.4 Å². The lowest BCUT2D eigenvalue weighted by molar-refractivity contribution is -0.139. The van der Waals surface area contributed by atoms with Crippen LogP contribution in [0.4, 0.5) is 10.5 Å². The summed E-state index contributed by atoms with van der Waals surface area (Å²) in [5, 5.41) is 5.26. The van der Waals surface area contributed by atoms with Crippen LogP contribution in [0.1, 0.15) is 19.8 Å². The van der Waals surface area contributed by atoms with Crippen molar-refractivity contribution in [1.29, 1.82) is 0 Å². The van der Waals surface area contributed by atoms with E-state index >= 15 is 0 Å². The maximum absolute atomic E-state index is 12.7. The summed E-state index contributed by atoms with van der Waals surface area (Å²) in [7, 11) is 0. The number of nitrogens with one attached hydrogen (secondary N) is 2. The molecule has 1 fully saturated rings. The van der Waals surface area contributed by atoms with Crippen LogP contribution >= 0.6 is 11.8 Å². The molecule has 21 heavy (non-hydrogen) atoms. The number of amides is 4. The summed E-state index contributed by atoms with van der Waals surface area (Å²) >= 11 is 1.15. The van der Waals surface area contributed by atoms with Crippen LogP contribution < -0.4 is 10.6 Å². The molecule has 110 valence electrons. The Morgan fingerprint density at radius 1 is 1.24 bits per heavy atom. The van der Waals surface area contributed by atoms with Crippen molar-refractivity contribution in [2.45, 2.75) is 29.5 Å². The van der Waals surface area contributed by atoms with Gasteiger partial charge in [0, 0.05) is 17.1 Å². The Morgan fingerprint density at radius 2 is 2.00 bits per heavy atom. The van der Waals surface area contributed by atoms with E-state index in [4.69, 9.17) is 0 Å². The Kier molecular flexibility index (Phi) is 3.36. The number of para-hydroxylation sites is 1. The maximum atomic E-state index is 12.7. The first kappa shape index (κ1) is 13.9. The van der Waals surface area contributed by atoms with Crippen LogP contribution in [0.5, 0.6) is 0 Å². The van der Waals surface area contributed by atoms with Crippen LogP contribution in [-0.4, -0.2) is 34.2 Å². The van der Waals surface area contributed by atoms with Crippen molar-refractivity contribution in [3.8, 4) is 0 Å². The topological polar surface area (TPSA) is 78.5 Å². The second-order valence-corrected chi connectivity index (χ2v) is 6.23. The molecule has 0 aliphatic carbocycles. The van der Waals surface area contributed by atoms with Gasteiger partial charge in [0.05, 0.1) is 0 Å². The Morgan fingerprint density at radius 3 is 2.71 bits per heavy atom. The van der Waals surface area contributed by atoms with Gasteiger partial charge in [-0.1, -0.05) is 37.2 Å². The standard InChI is InChI=1S/C14H15N3O3S/c1-2-3-8-17-12(19)14(11(18)15-13(17)20)16-9-6-4-5-7-10(9)21-14/h4-7,16H,2-3,8H2,1H3,(H,15,18,20). The van der Waals surface area contributed by atoms with Crippen LogP contribution in [0, 0.1) is 0 Å². The fourth-order valence-electron chi connectivity index (χ4n) is 2.39. The van der Waals surface area contributed by atoms with Crippen molar-refractivity contribution in [1.82, 2.24) is 10.2 Å². The van der Waals surface area contributed by atoms with Gasteiger partial charge in [0.15, 0.2) is 0 Å². The molecule has 1 unspecified atom stereocenters. The molecule has 0 bridgehead atoms. The highest BCUT2D eigenvalue weighted by molar-refractivity contribution is 8.02. The average molecular weight is 305 g/mol. The Balaban J connectivity index is 1.93. The van der Waals surface area contributed by atoms with Gasteiger partial charge in [-0.05, 0) is 18.6 Å². The maximum Gasteiger partial charge on any atom is 0.330 e. The van der Waals surface area contributed by atoms with Crippen LogP contribution in [0.15, 0.2) is 29.2 Å². The van der Waals surface area contributed by atoms with E-state index in [1.54, 1.807) is 0 Å². The zero-order valence-corrected chi connectivity index (χ0v) is 12.3. The number of rotatable bonds is 3. The molecule has 0 saturated carbocycles. The number of thioether (sulfide) groups is 1. The van der Waals surface area contributed by atoms with Crippen molar-refractivity contribution in [3.63, 3.8) is 0 Å². The van der Waals surface area contributed by atoms with E-state index < -0.39 is 22.7 Å². The molecule has 2 heterocycles. The van der Waals surface area contributed by atoms with E-state index in [1.165, 1.54) is 0 Å². The third kappa shape index (κ3) is 2.08. The minimum absolute atomic E-state index is 0.314. The zero-order valence-electron chi connectivity index (χ0n) is 11.5. The van der Waals surface area contributed by atoms with Crippen molar-refractivity contribution < 1.29 is 14.4 Å². The molecule has 7 heteroatoms. The molecule has 2 aliphatic rings. The second-order valence-electron chi connectivity index (χ2n) is 4.97. The van der Waals surface area contributed by atoms with E-state index in [-0.39, 0.29) is 0 Å². The highest BCUT2D eigenvalue weighted by atomic mass is 32.2. The van der Waals surface area contributed by atoms with E-state index in [0.29, 0.717) is 13.0 Å². The third-order valence-electron chi connectivity index (χ3n) is 3.53. The number of carbonyl (C=O) groups excluding carboxylic acids is 3. The number of urea groups is 1. The molecule has 6 nitrogen and oxygen atoms in total. The summed E-state index contributed by atoms with van der Waals surface area (Å²) in [4.78, 5) is 37.3. The van der Waals surface area contributed by atoms with Crippen LogP contribution in [0.3, 0.4) is 0 Å². The molecule has 1 atom stereocenters. The van der Waals surface area contributed by atoms with Crippen molar-refractivity contribution in [3.05, 3.63) is 24.3 Å². The number of benzene rings is 1. The largest absolute Gasteiger partial charge is 0.354 e. The molecular weight excluding hydrogens is 290 g/mol. The third-order valence-corrected chi connectivity index (χ3v) is 4.87. The number of unbranched alkanes of at least 4 members (excludes halogenated alkanes) is 1. The summed E-state index contributed by atoms with van der Waals surface area (Å²) in [5.74, 6) is -1.10. The lowest BCUT2D eigenvalue weighted by Crippen LogP contribution is -2.68. The molecule has 1 spiro atoms. The smallest absolute Gasteiger partial charge is 0.330 e. The number of barbiturate groups is 1. The monoisotopic (exact) mass is 305 g/mol. The summed E-state index contributed by atoms with van der Waals surface area (Å²) < 4.78 is 0. The predicted octanol–water partition coefficient (Wildman–Crippen LogP) is 1.78. The van der Waals surface area contributed by atoms with E-state index in [0.717, 1.165) is 33.7 Å². The molecule has 4 amide bonds. The molecular formula is C14H15N3O3S. The first-order chi connectivity index (χ1) is 10.1. The van der Waals surface area contributed by atoms with Gasteiger partial charge in [0.1, 0.15) is 0 Å². The highest BCUT2D eigenvalue weighted by Gasteiger charge is 2.57. The summed E-state index contributed by atoms with van der Waals surface area (Å²) in [6.45, 7) is 2.29. The number of anilines is 1. The molecule has 1 aromatic rings. The summed E-state index contributed by atoms with van der Waals surface area (Å²) in [5.41, 5.74) is 0.732. The summed E-state index contributed by atoms with van der Waals surface area (Å²) in [6.07, 6.45) is 1.57. The van der Waals surface area contributed by atoms with Crippen LogP contribution in [0.2, 0.25) is 0 Å². The number of fused-ring (bicyclic) bond motifs is 1. The second kappa shape index (κ2) is 5.07. The van der Waals surface area contributed by atoms with Gasteiger partial charge in [-0.15, -0.1) is 0 Å². The van der Waals surface area contributed by atoms with Crippen molar-refractivity contribution in [2.75, 3.05) is 11.9 Å². The molecule has 1 aromatic carbocycles. The first-order valence-electron chi connectivity index (χ1n) is 6.82. The van der Waals surface area contributed by atoms with Gasteiger partial charge in [-0.2, -0.15) is 0 Å². The fraction of sp³-hybridized carbons (Fsp3) is 0.357. The Labute approximate surface area is 126 Å². The molecule has 2 aliphatic heterocycles. The van der Waals surface area contributed by atoms with Gasteiger partial charge < -0.3 is 5.32 Å². The Bertz CT molecular complexity index is 607. The van der Waals surface area contributed by atoms with Gasteiger partial charge in [0.25, 0.3) is 11.8 Å². The predicted molar refractivity (Wildman–Crippen MR) is 78.8 cm³/mol. The number of carbonyl (C=O) groups is 3. The van der Waals surface area contributed by atoms with Gasteiger partial charge in [-0.3, -0.25) is 19.8 Å². The van der Waals surface area contributed by atoms with Gasteiger partial charge in [0.2, 0.25) is 4.87 Å². The first-order valence-corrected chi connectivity index (χ1v) is 7.64. The lowest BCUT2D eigenvalue weighted by Gasteiger charge is -2.36. The zero-order chi connectivity index (χ0) is 15.0. The summed E-state index contributed by atoms with van der Waals surface area (Å²) in [6, 6.07) is 6.69. The average Bonchev–Trinajstić information content (AvgIpc) is 2.86. The van der Waals surface area contributed by atoms with Crippen LogP contribution in [0.25, 0.3) is 0 Å². The van der Waals surface area contributed by atoms with E-state index in [2.05, 4.69) is 10.6 Å². The van der Waals surface area contributed by atoms with Crippen LogP contribution in [-0.2, 0) is 9.59 Å². The quantitative estimate of drug-likeness (QED) is 0.832. The lowest BCUT2D eigenvalue weighted by atomic mass is 10.1. The highest BCUT2D eigenvalue weighted by Crippen LogP contribution is 2.47. The van der Waals surface area contributed by atoms with E-state index in [1.807, 2.05) is 31.2 Å². The number of hydrogen-bond acceptors (Lipinski definition) is 5.